The van der Waals surface area contributed by atoms with Gasteiger partial charge in [0.15, 0.2) is 0 Å². The molecule has 5 nitrogen and oxygen atoms in total. The van der Waals surface area contributed by atoms with Crippen LogP contribution in [0.15, 0.2) is 30.3 Å². The Balaban J connectivity index is 2.40. The van der Waals surface area contributed by atoms with E-state index in [0.717, 1.165) is 11.3 Å². The molecule has 0 bridgehead atoms. The zero-order valence-electron chi connectivity index (χ0n) is 11.6. The highest BCUT2D eigenvalue weighted by molar-refractivity contribution is 5.90. The fraction of sp³-hybridized carbons (Fsp3) is 0.357. The lowest BCUT2D eigenvalue weighted by Crippen LogP contribution is -2.23. The average molecular weight is 264 g/mol. The van der Waals surface area contributed by atoms with Gasteiger partial charge in [0.1, 0.15) is 0 Å². The molecule has 5 heteroatoms. The van der Waals surface area contributed by atoms with Crippen LogP contribution in [0.1, 0.15) is 5.56 Å². The quantitative estimate of drug-likeness (QED) is 0.460. The van der Waals surface area contributed by atoms with Gasteiger partial charge in [0.05, 0.1) is 13.2 Å². The highest BCUT2D eigenvalue weighted by Crippen LogP contribution is 2.12. The summed E-state index contributed by atoms with van der Waals surface area (Å²) in [5, 5.41) is 0. The molecule has 0 saturated heterocycles. The molecular formula is C14H20N2O3. The Morgan fingerprint density at radius 3 is 2.53 bits per heavy atom. The standard InChI is InChI=1S/C14H20N2O3/c1-16(2)13-7-4-12(5-8-13)6-9-14(17)15-19-11-10-18-3/h4-9H,10-11H2,1-3H3,(H,15,17)/b9-6+. The number of rotatable bonds is 7. The second kappa shape index (κ2) is 8.29. The minimum absolute atomic E-state index is 0.298. The molecule has 0 aromatic heterocycles. The Kier molecular flexibility index (Phi) is 6.63. The molecule has 0 unspecified atom stereocenters. The molecule has 104 valence electrons. The monoisotopic (exact) mass is 264 g/mol. The first-order valence-electron chi connectivity index (χ1n) is 5.99. The van der Waals surface area contributed by atoms with Crippen molar-refractivity contribution in [1.82, 2.24) is 5.48 Å². The number of nitrogens with zero attached hydrogens (tertiary/aromatic N) is 1. The van der Waals surface area contributed by atoms with E-state index in [-0.39, 0.29) is 5.91 Å². The maximum atomic E-state index is 11.4. The first-order valence-corrected chi connectivity index (χ1v) is 5.99. The van der Waals surface area contributed by atoms with E-state index in [4.69, 9.17) is 9.57 Å². The first-order chi connectivity index (χ1) is 9.13. The Bertz CT molecular complexity index is 413. The zero-order chi connectivity index (χ0) is 14.1. The molecule has 1 aromatic rings. The molecule has 1 N–H and O–H groups in total. The van der Waals surface area contributed by atoms with Crippen molar-refractivity contribution in [2.75, 3.05) is 39.3 Å². The SMILES string of the molecule is COCCONC(=O)/C=C/c1ccc(N(C)C)cc1. The highest BCUT2D eigenvalue weighted by Gasteiger charge is 1.96. The van der Waals surface area contributed by atoms with Crippen LogP contribution in [0, 0.1) is 0 Å². The summed E-state index contributed by atoms with van der Waals surface area (Å²) in [5.74, 6) is -0.298. The molecule has 0 heterocycles. The minimum atomic E-state index is -0.298. The Morgan fingerprint density at radius 1 is 1.26 bits per heavy atom. The normalized spacial score (nSPS) is 10.7. The number of anilines is 1. The highest BCUT2D eigenvalue weighted by atomic mass is 16.7. The number of carbonyl (C=O) groups is 1. The van der Waals surface area contributed by atoms with Gasteiger partial charge in [-0.1, -0.05) is 12.1 Å². The zero-order valence-corrected chi connectivity index (χ0v) is 11.6. The van der Waals surface area contributed by atoms with Gasteiger partial charge in [-0.2, -0.15) is 0 Å². The maximum absolute atomic E-state index is 11.4. The number of hydrogen-bond acceptors (Lipinski definition) is 4. The van der Waals surface area contributed by atoms with Crippen molar-refractivity contribution in [3.63, 3.8) is 0 Å². The molecule has 1 aromatic carbocycles. The third-order valence-electron chi connectivity index (χ3n) is 2.40. The van der Waals surface area contributed by atoms with E-state index in [0.29, 0.717) is 13.2 Å². The number of benzene rings is 1. The number of methoxy groups -OCH3 is 1. The topological polar surface area (TPSA) is 50.8 Å². The number of ether oxygens (including phenoxy) is 1. The van der Waals surface area contributed by atoms with Crippen LogP contribution >= 0.6 is 0 Å². The van der Waals surface area contributed by atoms with E-state index >= 15 is 0 Å². The van der Waals surface area contributed by atoms with Crippen molar-refractivity contribution >= 4 is 17.7 Å². The number of nitrogens with one attached hydrogen (secondary N) is 1. The van der Waals surface area contributed by atoms with Gasteiger partial charge >= 0.3 is 0 Å². The van der Waals surface area contributed by atoms with Crippen molar-refractivity contribution in [2.24, 2.45) is 0 Å². The van der Waals surface area contributed by atoms with E-state index in [1.165, 1.54) is 6.08 Å². The summed E-state index contributed by atoms with van der Waals surface area (Å²) in [7, 11) is 5.54. The molecule has 0 saturated carbocycles. The lowest BCUT2D eigenvalue weighted by molar-refractivity contribution is -0.129. The molecule has 19 heavy (non-hydrogen) atoms. The van der Waals surface area contributed by atoms with Crippen LogP contribution in [0.3, 0.4) is 0 Å². The van der Waals surface area contributed by atoms with Gasteiger partial charge in [0, 0.05) is 33.0 Å². The van der Waals surface area contributed by atoms with Crippen LogP contribution in [-0.4, -0.2) is 40.3 Å². The molecule has 0 radical (unpaired) electrons. The fourth-order valence-corrected chi connectivity index (χ4v) is 1.34. The van der Waals surface area contributed by atoms with Crippen molar-refractivity contribution in [3.05, 3.63) is 35.9 Å². The van der Waals surface area contributed by atoms with Gasteiger partial charge in [-0.05, 0) is 23.8 Å². The van der Waals surface area contributed by atoms with Crippen LogP contribution in [0.2, 0.25) is 0 Å². The second-order valence-corrected chi connectivity index (χ2v) is 4.13. The Hall–Kier alpha value is -1.85. The van der Waals surface area contributed by atoms with Crippen LogP contribution < -0.4 is 10.4 Å². The van der Waals surface area contributed by atoms with Crippen LogP contribution in [0.5, 0.6) is 0 Å². The second-order valence-electron chi connectivity index (χ2n) is 4.13. The first kappa shape index (κ1) is 15.2. The molecular weight excluding hydrogens is 244 g/mol. The summed E-state index contributed by atoms with van der Waals surface area (Å²) in [6, 6.07) is 7.88. The molecule has 0 spiro atoms. The van der Waals surface area contributed by atoms with Crippen molar-refractivity contribution in [1.29, 1.82) is 0 Å². The van der Waals surface area contributed by atoms with Crippen molar-refractivity contribution in [3.8, 4) is 0 Å². The summed E-state index contributed by atoms with van der Waals surface area (Å²) < 4.78 is 4.79. The number of amides is 1. The van der Waals surface area contributed by atoms with Gasteiger partial charge in [-0.25, -0.2) is 5.48 Å². The lowest BCUT2D eigenvalue weighted by Gasteiger charge is -2.11. The van der Waals surface area contributed by atoms with Gasteiger partial charge in [-0.3, -0.25) is 9.63 Å². The van der Waals surface area contributed by atoms with Gasteiger partial charge in [0.2, 0.25) is 0 Å². The van der Waals surface area contributed by atoms with Gasteiger partial charge in [0.25, 0.3) is 5.91 Å². The summed E-state index contributed by atoms with van der Waals surface area (Å²) in [5.41, 5.74) is 4.37. The summed E-state index contributed by atoms with van der Waals surface area (Å²) >= 11 is 0. The van der Waals surface area contributed by atoms with E-state index < -0.39 is 0 Å². The molecule has 0 aliphatic carbocycles. The van der Waals surface area contributed by atoms with E-state index in [1.54, 1.807) is 13.2 Å². The van der Waals surface area contributed by atoms with Gasteiger partial charge in [-0.15, -0.1) is 0 Å². The molecule has 0 aliphatic heterocycles. The smallest absolute Gasteiger partial charge is 0.267 e. The number of carbonyl (C=O) groups excluding carboxylic acids is 1. The fourth-order valence-electron chi connectivity index (χ4n) is 1.34. The van der Waals surface area contributed by atoms with Crippen LogP contribution in [0.25, 0.3) is 6.08 Å². The molecule has 0 fully saturated rings. The summed E-state index contributed by atoms with van der Waals surface area (Å²) in [6.07, 6.45) is 3.16. The average Bonchev–Trinajstić information content (AvgIpc) is 2.42. The molecule has 1 amide bonds. The van der Waals surface area contributed by atoms with Crippen LogP contribution in [-0.2, 0) is 14.4 Å². The predicted octanol–water partition coefficient (Wildman–Crippen LogP) is 1.46. The number of hydrogen-bond donors (Lipinski definition) is 1. The largest absolute Gasteiger partial charge is 0.382 e. The summed E-state index contributed by atoms with van der Waals surface area (Å²) in [4.78, 5) is 18.3. The Labute approximate surface area is 113 Å². The van der Waals surface area contributed by atoms with Gasteiger partial charge < -0.3 is 9.64 Å². The molecule has 0 aliphatic rings. The minimum Gasteiger partial charge on any atom is -0.382 e. The molecule has 1 rings (SSSR count). The third kappa shape index (κ3) is 6.03. The summed E-state index contributed by atoms with van der Waals surface area (Å²) in [6.45, 7) is 0.767. The van der Waals surface area contributed by atoms with Crippen molar-refractivity contribution < 1.29 is 14.4 Å². The van der Waals surface area contributed by atoms with E-state index in [9.17, 15) is 4.79 Å². The van der Waals surface area contributed by atoms with Crippen LogP contribution in [0.4, 0.5) is 5.69 Å². The maximum Gasteiger partial charge on any atom is 0.267 e. The van der Waals surface area contributed by atoms with E-state index in [2.05, 4.69) is 5.48 Å². The predicted molar refractivity (Wildman–Crippen MR) is 75.8 cm³/mol. The Morgan fingerprint density at radius 2 is 1.95 bits per heavy atom. The van der Waals surface area contributed by atoms with Crippen molar-refractivity contribution in [2.45, 2.75) is 0 Å². The van der Waals surface area contributed by atoms with E-state index in [1.807, 2.05) is 43.3 Å². The third-order valence-corrected chi connectivity index (χ3v) is 2.40. The number of hydroxylamine groups is 1. The lowest BCUT2D eigenvalue weighted by atomic mass is 10.2. The molecule has 0 atom stereocenters.